The number of hydrogen-bond acceptors (Lipinski definition) is 1. The highest BCUT2D eigenvalue weighted by atomic mass is 32.1. The number of aryl methyl sites for hydroxylation is 2. The summed E-state index contributed by atoms with van der Waals surface area (Å²) in [5.74, 6) is 0. The van der Waals surface area contributed by atoms with Gasteiger partial charge in [-0.05, 0) is 19.1 Å². The minimum absolute atomic E-state index is 0.781. The number of rotatable bonds is 0. The fourth-order valence-corrected chi connectivity index (χ4v) is 1.56. The van der Waals surface area contributed by atoms with Crippen LogP contribution in [0, 0.1) is 11.6 Å². The van der Waals surface area contributed by atoms with E-state index in [2.05, 4.69) is 22.5 Å². The number of nitrogens with zero attached hydrogens (tertiary/aromatic N) is 1. The molecule has 0 aliphatic heterocycles. The average molecular weight is 238 g/mol. The van der Waals surface area contributed by atoms with E-state index in [1.165, 1.54) is 16.6 Å². The topological polar surface area (TPSA) is 20.7 Å². The Morgan fingerprint density at radius 1 is 1.12 bits per heavy atom. The van der Waals surface area contributed by atoms with Gasteiger partial charge in [0.15, 0.2) is 0 Å². The maximum absolute atomic E-state index is 5.04. The summed E-state index contributed by atoms with van der Waals surface area (Å²) in [6.07, 6.45) is 1.95. The lowest BCUT2D eigenvalue weighted by Crippen LogP contribution is -1.89. The first-order chi connectivity index (χ1) is 7.68. The van der Waals surface area contributed by atoms with E-state index in [4.69, 9.17) is 12.2 Å². The van der Waals surface area contributed by atoms with E-state index in [0.29, 0.717) is 0 Å². The second kappa shape index (κ2) is 7.23. The second-order valence-electron chi connectivity index (χ2n) is 2.98. The van der Waals surface area contributed by atoms with Crippen LogP contribution >= 0.6 is 12.2 Å². The summed E-state index contributed by atoms with van der Waals surface area (Å²) < 4.78 is 2.92. The molecule has 0 atom stereocenters. The predicted octanol–water partition coefficient (Wildman–Crippen LogP) is 4.60. The van der Waals surface area contributed by atoms with Crippen LogP contribution in [-0.4, -0.2) is 9.55 Å². The van der Waals surface area contributed by atoms with Crippen molar-refractivity contribution in [1.29, 1.82) is 0 Å². The molecule has 0 saturated heterocycles. The Bertz CT molecular complexity index is 480. The summed E-state index contributed by atoms with van der Waals surface area (Å²) in [4.78, 5) is 3.02. The van der Waals surface area contributed by atoms with Crippen molar-refractivity contribution in [2.24, 2.45) is 7.05 Å². The molecule has 0 unspecified atom stereocenters. The van der Waals surface area contributed by atoms with Gasteiger partial charge in [0.1, 0.15) is 4.64 Å². The zero-order chi connectivity index (χ0) is 12.7. The van der Waals surface area contributed by atoms with Crippen molar-refractivity contribution in [3.63, 3.8) is 0 Å². The van der Waals surface area contributed by atoms with Crippen molar-refractivity contribution >= 4 is 23.1 Å². The molecule has 1 N–H and O–H groups in total. The molecule has 0 aliphatic rings. The molecule has 0 radical (unpaired) electrons. The molecule has 2 aromatic heterocycles. The lowest BCUT2D eigenvalue weighted by Gasteiger charge is -1.96. The van der Waals surface area contributed by atoms with Gasteiger partial charge in [0, 0.05) is 24.3 Å². The number of hydrogen-bond donors (Lipinski definition) is 1. The Kier molecular flexibility index (Phi) is 6.74. The SMILES string of the molecule is CC.CC.Cc1cc2c[nH]c(=S)cc2n1C. The lowest BCUT2D eigenvalue weighted by molar-refractivity contribution is 0.917. The molecule has 0 aromatic carbocycles. The highest BCUT2D eigenvalue weighted by molar-refractivity contribution is 7.71. The lowest BCUT2D eigenvalue weighted by atomic mass is 10.3. The van der Waals surface area contributed by atoms with Crippen molar-refractivity contribution in [1.82, 2.24) is 9.55 Å². The number of nitrogens with one attached hydrogen (secondary N) is 1. The van der Waals surface area contributed by atoms with Gasteiger partial charge in [-0.3, -0.25) is 0 Å². The van der Waals surface area contributed by atoms with Crippen molar-refractivity contribution in [3.8, 4) is 0 Å². The van der Waals surface area contributed by atoms with Gasteiger partial charge in [-0.25, -0.2) is 0 Å². The molecule has 3 heteroatoms. The second-order valence-corrected chi connectivity index (χ2v) is 3.42. The third kappa shape index (κ3) is 3.20. The molecule has 2 heterocycles. The molecule has 2 nitrogen and oxygen atoms in total. The summed E-state index contributed by atoms with van der Waals surface area (Å²) >= 11 is 5.04. The molecule has 0 fully saturated rings. The number of fused-ring (bicyclic) bond motifs is 1. The Labute approximate surface area is 103 Å². The minimum Gasteiger partial charge on any atom is -0.352 e. The monoisotopic (exact) mass is 238 g/mol. The normalized spacial score (nSPS) is 8.88. The minimum atomic E-state index is 0.781. The highest BCUT2D eigenvalue weighted by Gasteiger charge is 1.99. The first kappa shape index (κ1) is 14.9. The predicted molar refractivity (Wildman–Crippen MR) is 75.5 cm³/mol. The van der Waals surface area contributed by atoms with Gasteiger partial charge in [0.05, 0.1) is 5.52 Å². The first-order valence-electron chi connectivity index (χ1n) is 5.83. The van der Waals surface area contributed by atoms with E-state index in [1.54, 1.807) is 0 Å². The summed E-state index contributed by atoms with van der Waals surface area (Å²) in [5, 5.41) is 1.21. The first-order valence-corrected chi connectivity index (χ1v) is 6.24. The van der Waals surface area contributed by atoms with Crippen LogP contribution in [0.4, 0.5) is 0 Å². The number of pyridine rings is 1. The van der Waals surface area contributed by atoms with E-state index in [9.17, 15) is 0 Å². The summed E-state index contributed by atoms with van der Waals surface area (Å²) in [7, 11) is 2.05. The maximum Gasteiger partial charge on any atom is 0.105 e. The van der Waals surface area contributed by atoms with Crippen LogP contribution < -0.4 is 0 Å². The molecule has 90 valence electrons. The van der Waals surface area contributed by atoms with Gasteiger partial charge in [-0.1, -0.05) is 39.9 Å². The van der Waals surface area contributed by atoms with Gasteiger partial charge in [-0.2, -0.15) is 0 Å². The largest absolute Gasteiger partial charge is 0.352 e. The summed E-state index contributed by atoms with van der Waals surface area (Å²) in [6, 6.07) is 4.12. The maximum atomic E-state index is 5.04. The Morgan fingerprint density at radius 3 is 2.25 bits per heavy atom. The molecule has 0 saturated carbocycles. The number of aromatic amines is 1. The van der Waals surface area contributed by atoms with Crippen molar-refractivity contribution in [2.75, 3.05) is 0 Å². The Morgan fingerprint density at radius 2 is 1.69 bits per heavy atom. The molecule has 0 amide bonds. The van der Waals surface area contributed by atoms with Gasteiger partial charge >= 0.3 is 0 Å². The number of aromatic nitrogens is 2. The van der Waals surface area contributed by atoms with Crippen LogP contribution in [-0.2, 0) is 7.05 Å². The molecule has 0 spiro atoms. The molecule has 2 aromatic rings. The third-order valence-corrected chi connectivity index (χ3v) is 2.42. The van der Waals surface area contributed by atoms with E-state index < -0.39 is 0 Å². The smallest absolute Gasteiger partial charge is 0.105 e. The van der Waals surface area contributed by atoms with E-state index in [1.807, 2.05) is 47.0 Å². The molecule has 0 bridgehead atoms. The van der Waals surface area contributed by atoms with E-state index >= 15 is 0 Å². The van der Waals surface area contributed by atoms with Crippen LogP contribution in [0.25, 0.3) is 10.9 Å². The summed E-state index contributed by atoms with van der Waals surface area (Å²) in [5.41, 5.74) is 2.44. The van der Waals surface area contributed by atoms with Gasteiger partial charge in [0.2, 0.25) is 0 Å². The number of H-pyrrole nitrogens is 1. The highest BCUT2D eigenvalue weighted by Crippen LogP contribution is 2.16. The van der Waals surface area contributed by atoms with Crippen LogP contribution in [0.2, 0.25) is 0 Å². The van der Waals surface area contributed by atoms with Crippen LogP contribution in [0.15, 0.2) is 18.3 Å². The fraction of sp³-hybridized carbons (Fsp3) is 0.462. The third-order valence-electron chi connectivity index (χ3n) is 2.19. The molecule has 0 aliphatic carbocycles. The Hall–Kier alpha value is -1.09. The van der Waals surface area contributed by atoms with Crippen molar-refractivity contribution in [3.05, 3.63) is 28.7 Å². The standard InChI is InChI=1S/C9H10N2S.2C2H6/c1-6-3-7-5-10-9(12)4-8(7)11(6)2;2*1-2/h3-5H,1-2H3,(H,10,12);2*1-2H3. The summed E-state index contributed by atoms with van der Waals surface area (Å²) in [6.45, 7) is 10.1. The zero-order valence-electron chi connectivity index (χ0n) is 11.1. The Balaban J connectivity index is 0.000000509. The molecular weight excluding hydrogens is 216 g/mol. The van der Waals surface area contributed by atoms with Gasteiger partial charge in [-0.15, -0.1) is 0 Å². The van der Waals surface area contributed by atoms with Crippen LogP contribution in [0.3, 0.4) is 0 Å². The van der Waals surface area contributed by atoms with Crippen LogP contribution in [0.1, 0.15) is 33.4 Å². The zero-order valence-corrected chi connectivity index (χ0v) is 11.9. The molecule has 16 heavy (non-hydrogen) atoms. The van der Waals surface area contributed by atoms with Gasteiger partial charge in [0.25, 0.3) is 0 Å². The average Bonchev–Trinajstić information content (AvgIpc) is 2.61. The quantitative estimate of drug-likeness (QED) is 0.665. The van der Waals surface area contributed by atoms with Gasteiger partial charge < -0.3 is 9.55 Å². The van der Waals surface area contributed by atoms with Crippen molar-refractivity contribution in [2.45, 2.75) is 34.6 Å². The van der Waals surface area contributed by atoms with Crippen LogP contribution in [0.5, 0.6) is 0 Å². The van der Waals surface area contributed by atoms with E-state index in [-0.39, 0.29) is 0 Å². The fourth-order valence-electron chi connectivity index (χ4n) is 1.39. The molecule has 2 rings (SSSR count). The molecular formula is C13H22N2S. The van der Waals surface area contributed by atoms with E-state index in [0.717, 1.165) is 4.64 Å². The van der Waals surface area contributed by atoms with Crippen molar-refractivity contribution < 1.29 is 0 Å².